The van der Waals surface area contributed by atoms with Gasteiger partial charge >= 0.3 is 12.4 Å². The predicted octanol–water partition coefficient (Wildman–Crippen LogP) is 4.94. The van der Waals surface area contributed by atoms with Crippen LogP contribution >= 0.6 is 0 Å². The summed E-state index contributed by atoms with van der Waals surface area (Å²) in [6.45, 7) is 9.98. The molecule has 12 heteroatoms. The number of ether oxygens (including phenoxy) is 1. The second-order valence-corrected chi connectivity index (χ2v) is 10.1. The number of halogens is 3. The summed E-state index contributed by atoms with van der Waals surface area (Å²) in [6, 6.07) is 10.1. The number of nitrogens with one attached hydrogen (secondary N) is 2. The first-order valence-corrected chi connectivity index (χ1v) is 12.9. The number of benzene rings is 2. The number of rotatable bonds is 8. The number of aliphatic imine (C=N–C) groups is 1. The van der Waals surface area contributed by atoms with Gasteiger partial charge in [-0.05, 0) is 55.7 Å². The largest absolute Gasteiger partial charge is 0.573 e. The van der Waals surface area contributed by atoms with Crippen molar-refractivity contribution in [3.05, 3.63) is 59.2 Å². The smallest absolute Gasteiger partial charge is 0.404 e. The van der Waals surface area contributed by atoms with Gasteiger partial charge in [0.05, 0.1) is 5.69 Å². The monoisotopic (exact) mass is 561 g/mol. The van der Waals surface area contributed by atoms with Crippen LogP contribution in [0.5, 0.6) is 5.75 Å². The van der Waals surface area contributed by atoms with Crippen molar-refractivity contribution in [1.82, 2.24) is 15.1 Å². The first-order chi connectivity index (χ1) is 18.8. The third-order valence-corrected chi connectivity index (χ3v) is 5.94. The van der Waals surface area contributed by atoms with Crippen LogP contribution in [0.3, 0.4) is 0 Å². The van der Waals surface area contributed by atoms with E-state index in [1.54, 1.807) is 36.9 Å². The van der Waals surface area contributed by atoms with Gasteiger partial charge in [-0.15, -0.1) is 13.2 Å². The van der Waals surface area contributed by atoms with Crippen molar-refractivity contribution in [3.8, 4) is 5.75 Å². The number of piperazine rings is 1. The van der Waals surface area contributed by atoms with E-state index in [1.807, 2.05) is 19.9 Å². The van der Waals surface area contributed by atoms with E-state index in [1.165, 1.54) is 12.1 Å². The van der Waals surface area contributed by atoms with Gasteiger partial charge in [0, 0.05) is 56.1 Å². The molecule has 1 saturated heterocycles. The molecule has 0 unspecified atom stereocenters. The Morgan fingerprint density at radius 3 is 2.33 bits per heavy atom. The normalized spacial score (nSPS) is 14.1. The Hall–Kier alpha value is -3.93. The van der Waals surface area contributed by atoms with Crippen LogP contribution in [-0.4, -0.2) is 72.4 Å². The molecule has 0 aromatic heterocycles. The molecule has 4 amide bonds. The molecule has 40 heavy (non-hydrogen) atoms. The quantitative estimate of drug-likeness (QED) is 0.445. The third kappa shape index (κ3) is 9.37. The van der Waals surface area contributed by atoms with Crippen molar-refractivity contribution in [2.75, 3.05) is 38.0 Å². The third-order valence-electron chi connectivity index (χ3n) is 5.94. The predicted molar refractivity (Wildman–Crippen MR) is 146 cm³/mol. The number of carbonyl (C=O) groups excluding carboxylic acids is 3. The molecule has 1 aliphatic heterocycles. The first kappa shape index (κ1) is 30.6. The number of nitrogens with zero attached hydrogens (tertiary/aromatic N) is 3. The summed E-state index contributed by atoms with van der Waals surface area (Å²) in [7, 11) is 0. The fraction of sp³-hybridized carbons (Fsp3) is 0.429. The highest BCUT2D eigenvalue weighted by Gasteiger charge is 2.33. The molecule has 1 heterocycles. The van der Waals surface area contributed by atoms with Crippen LogP contribution in [0.1, 0.15) is 54.0 Å². The lowest BCUT2D eigenvalue weighted by Crippen LogP contribution is -2.48. The van der Waals surface area contributed by atoms with Gasteiger partial charge in [-0.2, -0.15) is 0 Å². The van der Waals surface area contributed by atoms with E-state index in [0.717, 1.165) is 11.6 Å². The van der Waals surface area contributed by atoms with Gasteiger partial charge in [0.2, 0.25) is 0 Å². The molecule has 3 rings (SSSR count). The first-order valence-electron chi connectivity index (χ1n) is 12.9. The standard InChI is InChI=1S/C28H34F3N5O4/c1-18(2)16-32-27(39)34-23-9-8-22(15-24(23)40-28(29,30)31)26(38)36-12-10-35(11-13-36)17-20-6-5-7-21(14-20)25(37)33-19(3)4/h5-9,14-15,18H,10-13,16-17H2,1-4H3,(H2,32,34,39). The lowest BCUT2D eigenvalue weighted by molar-refractivity contribution is -0.274. The van der Waals surface area contributed by atoms with Gasteiger partial charge in [0.1, 0.15) is 0 Å². The fourth-order valence-electron chi connectivity index (χ4n) is 4.05. The maximum atomic E-state index is 13.1. The van der Waals surface area contributed by atoms with Gasteiger partial charge in [-0.1, -0.05) is 26.0 Å². The molecule has 216 valence electrons. The lowest BCUT2D eigenvalue weighted by atomic mass is 10.1. The van der Waals surface area contributed by atoms with E-state index < -0.39 is 24.1 Å². The molecule has 0 aliphatic carbocycles. The number of hydrogen-bond donors (Lipinski definition) is 2. The van der Waals surface area contributed by atoms with Gasteiger partial charge in [-0.25, -0.2) is 9.79 Å². The van der Waals surface area contributed by atoms with Crippen LogP contribution < -0.4 is 15.4 Å². The minimum Gasteiger partial charge on any atom is -0.404 e. The van der Waals surface area contributed by atoms with Gasteiger partial charge in [-0.3, -0.25) is 14.5 Å². The summed E-state index contributed by atoms with van der Waals surface area (Å²) < 4.78 is 43.3. The summed E-state index contributed by atoms with van der Waals surface area (Å²) in [5.74, 6) is -1.27. The van der Waals surface area contributed by atoms with E-state index in [-0.39, 0.29) is 23.1 Å². The van der Waals surface area contributed by atoms with E-state index in [2.05, 4.69) is 25.3 Å². The van der Waals surface area contributed by atoms with Crippen molar-refractivity contribution in [1.29, 1.82) is 0 Å². The van der Waals surface area contributed by atoms with Crippen LogP contribution in [0, 0.1) is 5.92 Å². The Morgan fingerprint density at radius 1 is 1.00 bits per heavy atom. The summed E-state index contributed by atoms with van der Waals surface area (Å²) >= 11 is 0. The van der Waals surface area contributed by atoms with Crippen molar-refractivity contribution >= 4 is 29.2 Å². The minimum atomic E-state index is -5.01. The zero-order valence-corrected chi connectivity index (χ0v) is 23.0. The summed E-state index contributed by atoms with van der Waals surface area (Å²) in [5.41, 5.74) is 1.91. The second kappa shape index (κ2) is 13.4. The number of amides is 4. The molecule has 0 radical (unpaired) electrons. The highest BCUT2D eigenvalue weighted by molar-refractivity contribution is 6.02. The number of anilines is 1. The Morgan fingerprint density at radius 2 is 1.70 bits per heavy atom. The average molecular weight is 562 g/mol. The Labute approximate surface area is 231 Å². The van der Waals surface area contributed by atoms with Crippen LogP contribution in [-0.2, 0) is 6.54 Å². The highest BCUT2D eigenvalue weighted by atomic mass is 19.4. The van der Waals surface area contributed by atoms with Crippen molar-refractivity contribution in [2.24, 2.45) is 10.9 Å². The molecule has 9 nitrogen and oxygen atoms in total. The second-order valence-electron chi connectivity index (χ2n) is 10.1. The van der Waals surface area contributed by atoms with E-state index >= 15 is 0 Å². The average Bonchev–Trinajstić information content (AvgIpc) is 2.87. The number of hydrogen-bond acceptors (Lipinski definition) is 5. The topological polar surface area (TPSA) is 103 Å². The molecule has 0 bridgehead atoms. The Balaban J connectivity index is 1.65. The molecule has 2 aromatic carbocycles. The zero-order chi connectivity index (χ0) is 29.4. The molecular formula is C28H34F3N5O4. The van der Waals surface area contributed by atoms with Crippen molar-refractivity contribution in [2.45, 2.75) is 40.6 Å². The number of urea groups is 1. The molecule has 1 aliphatic rings. The summed E-state index contributed by atoms with van der Waals surface area (Å²) in [6.07, 6.45) is -5.01. The van der Waals surface area contributed by atoms with Crippen molar-refractivity contribution in [3.63, 3.8) is 0 Å². The van der Waals surface area contributed by atoms with Crippen LogP contribution in [0.4, 0.5) is 23.7 Å². The van der Waals surface area contributed by atoms with Gasteiger partial charge in [0.15, 0.2) is 5.75 Å². The highest BCUT2D eigenvalue weighted by Crippen LogP contribution is 2.32. The molecule has 0 spiro atoms. The van der Waals surface area contributed by atoms with E-state index in [4.69, 9.17) is 0 Å². The van der Waals surface area contributed by atoms with Gasteiger partial charge in [0.25, 0.3) is 11.8 Å². The minimum absolute atomic E-state index is 0.0128. The Bertz CT molecular complexity index is 1250. The van der Waals surface area contributed by atoms with Crippen molar-refractivity contribution < 1.29 is 32.3 Å². The molecule has 0 atom stereocenters. The molecule has 2 N–H and O–H groups in total. The van der Waals surface area contributed by atoms with Crippen LogP contribution in [0.15, 0.2) is 47.5 Å². The lowest BCUT2D eigenvalue weighted by Gasteiger charge is -2.35. The van der Waals surface area contributed by atoms with E-state index in [0.29, 0.717) is 50.5 Å². The molecule has 1 fully saturated rings. The maximum absolute atomic E-state index is 13.1. The number of alkyl halides is 3. The summed E-state index contributed by atoms with van der Waals surface area (Å²) in [5, 5.41) is 4.91. The van der Waals surface area contributed by atoms with Crippen LogP contribution in [0.2, 0.25) is 0 Å². The number of carbonyl (C=O) groups is 3. The molecule has 2 aromatic rings. The van der Waals surface area contributed by atoms with E-state index in [9.17, 15) is 27.6 Å². The fourth-order valence-corrected chi connectivity index (χ4v) is 4.05. The Kier molecular flexibility index (Phi) is 10.3. The van der Waals surface area contributed by atoms with Crippen LogP contribution in [0.25, 0.3) is 0 Å². The molecule has 0 saturated carbocycles. The maximum Gasteiger partial charge on any atom is 0.573 e. The zero-order valence-electron chi connectivity index (χ0n) is 23.0. The van der Waals surface area contributed by atoms with Gasteiger partial charge < -0.3 is 20.3 Å². The SMILES string of the molecule is CC(C)=NC(=O)c1cccc(CN2CCN(C(=O)c3ccc(NC(=O)NCC(C)C)c(OC(F)(F)F)c3)CC2)c1. The summed E-state index contributed by atoms with van der Waals surface area (Å²) in [4.78, 5) is 45.1. The molecular weight excluding hydrogens is 527 g/mol.